The minimum absolute atomic E-state index is 0.167. The summed E-state index contributed by atoms with van der Waals surface area (Å²) in [6.07, 6.45) is 3.73. The standard InChI is InChI=1S/C13H16N4O2/c1-10-3-4-11(5-13(10)17(18)19)6-14-7-12-8-15-16(2)9-12/h3-5,8-9,14H,6-7H2,1-2H3. The van der Waals surface area contributed by atoms with Crippen molar-refractivity contribution in [3.63, 3.8) is 0 Å². The average molecular weight is 260 g/mol. The number of benzene rings is 1. The van der Waals surface area contributed by atoms with E-state index in [-0.39, 0.29) is 10.6 Å². The Morgan fingerprint density at radius 2 is 2.11 bits per heavy atom. The minimum Gasteiger partial charge on any atom is -0.308 e. The van der Waals surface area contributed by atoms with Gasteiger partial charge in [-0.05, 0) is 12.5 Å². The van der Waals surface area contributed by atoms with Gasteiger partial charge in [-0.1, -0.05) is 12.1 Å². The van der Waals surface area contributed by atoms with Crippen molar-refractivity contribution in [2.75, 3.05) is 0 Å². The van der Waals surface area contributed by atoms with E-state index in [2.05, 4.69) is 10.4 Å². The predicted molar refractivity (Wildman–Crippen MR) is 71.6 cm³/mol. The van der Waals surface area contributed by atoms with E-state index in [9.17, 15) is 10.1 Å². The number of rotatable bonds is 5. The Labute approximate surface area is 111 Å². The van der Waals surface area contributed by atoms with Gasteiger partial charge in [-0.15, -0.1) is 0 Å². The molecule has 2 rings (SSSR count). The molecule has 0 amide bonds. The van der Waals surface area contributed by atoms with E-state index in [4.69, 9.17) is 0 Å². The van der Waals surface area contributed by atoms with Crippen molar-refractivity contribution in [1.29, 1.82) is 0 Å². The Morgan fingerprint density at radius 1 is 1.37 bits per heavy atom. The molecule has 0 saturated carbocycles. The van der Waals surface area contributed by atoms with Crippen LogP contribution in [0.15, 0.2) is 30.6 Å². The lowest BCUT2D eigenvalue weighted by Crippen LogP contribution is -2.12. The molecule has 1 aromatic heterocycles. The fourth-order valence-corrected chi connectivity index (χ4v) is 1.88. The first kappa shape index (κ1) is 13.2. The van der Waals surface area contributed by atoms with Crippen LogP contribution in [-0.2, 0) is 20.1 Å². The van der Waals surface area contributed by atoms with Crippen LogP contribution in [0.5, 0.6) is 0 Å². The summed E-state index contributed by atoms with van der Waals surface area (Å²) in [6, 6.07) is 5.30. The van der Waals surface area contributed by atoms with Gasteiger partial charge in [0, 0.05) is 43.5 Å². The summed E-state index contributed by atoms with van der Waals surface area (Å²) < 4.78 is 1.74. The van der Waals surface area contributed by atoms with E-state index in [0.29, 0.717) is 18.7 Å². The molecule has 0 saturated heterocycles. The lowest BCUT2D eigenvalue weighted by atomic mass is 10.1. The van der Waals surface area contributed by atoms with Crippen LogP contribution in [0, 0.1) is 17.0 Å². The van der Waals surface area contributed by atoms with Crippen LogP contribution in [-0.4, -0.2) is 14.7 Å². The predicted octanol–water partition coefficient (Wildman–Crippen LogP) is 1.93. The van der Waals surface area contributed by atoms with Crippen molar-refractivity contribution in [1.82, 2.24) is 15.1 Å². The molecule has 0 radical (unpaired) electrons. The molecule has 19 heavy (non-hydrogen) atoms. The molecule has 0 spiro atoms. The summed E-state index contributed by atoms with van der Waals surface area (Å²) in [5.74, 6) is 0. The summed E-state index contributed by atoms with van der Waals surface area (Å²) in [4.78, 5) is 10.5. The summed E-state index contributed by atoms with van der Waals surface area (Å²) in [6.45, 7) is 3.02. The van der Waals surface area contributed by atoms with Crippen LogP contribution >= 0.6 is 0 Å². The first-order chi connectivity index (χ1) is 9.06. The third-order valence-corrected chi connectivity index (χ3v) is 2.89. The van der Waals surface area contributed by atoms with Gasteiger partial charge in [0.15, 0.2) is 0 Å². The maximum absolute atomic E-state index is 10.8. The first-order valence-corrected chi connectivity index (χ1v) is 5.98. The quantitative estimate of drug-likeness (QED) is 0.658. The van der Waals surface area contributed by atoms with Crippen molar-refractivity contribution >= 4 is 5.69 Å². The second-order valence-corrected chi connectivity index (χ2v) is 4.50. The molecular formula is C13H16N4O2. The highest BCUT2D eigenvalue weighted by Gasteiger charge is 2.10. The number of nitro groups is 1. The Morgan fingerprint density at radius 3 is 2.74 bits per heavy atom. The molecule has 0 fully saturated rings. The van der Waals surface area contributed by atoms with Crippen LogP contribution in [0.2, 0.25) is 0 Å². The SMILES string of the molecule is Cc1ccc(CNCc2cnn(C)c2)cc1[N+](=O)[O-]. The lowest BCUT2D eigenvalue weighted by molar-refractivity contribution is -0.385. The van der Waals surface area contributed by atoms with Crippen molar-refractivity contribution in [3.05, 3.63) is 57.4 Å². The number of nitro benzene ring substituents is 1. The Balaban J connectivity index is 1.96. The minimum atomic E-state index is -0.347. The zero-order chi connectivity index (χ0) is 13.8. The highest BCUT2D eigenvalue weighted by atomic mass is 16.6. The highest BCUT2D eigenvalue weighted by molar-refractivity contribution is 5.42. The zero-order valence-electron chi connectivity index (χ0n) is 11.0. The third kappa shape index (κ3) is 3.38. The highest BCUT2D eigenvalue weighted by Crippen LogP contribution is 2.19. The second kappa shape index (κ2) is 5.62. The molecule has 6 nitrogen and oxygen atoms in total. The van der Waals surface area contributed by atoms with Crippen LogP contribution < -0.4 is 5.32 Å². The van der Waals surface area contributed by atoms with E-state index in [1.54, 1.807) is 29.9 Å². The Bertz CT molecular complexity index is 592. The topological polar surface area (TPSA) is 73.0 Å². The third-order valence-electron chi connectivity index (χ3n) is 2.89. The van der Waals surface area contributed by atoms with Crippen LogP contribution in [0.3, 0.4) is 0 Å². The summed E-state index contributed by atoms with van der Waals surface area (Å²) >= 11 is 0. The van der Waals surface area contributed by atoms with Gasteiger partial charge in [0.05, 0.1) is 11.1 Å². The molecule has 2 aromatic rings. The molecule has 0 aliphatic rings. The maximum Gasteiger partial charge on any atom is 0.272 e. The molecule has 6 heteroatoms. The molecule has 0 aliphatic heterocycles. The largest absolute Gasteiger partial charge is 0.308 e. The van der Waals surface area contributed by atoms with E-state index in [1.807, 2.05) is 19.3 Å². The van der Waals surface area contributed by atoms with Crippen LogP contribution in [0.4, 0.5) is 5.69 Å². The molecule has 0 bridgehead atoms. The molecular weight excluding hydrogens is 244 g/mol. The molecule has 0 aliphatic carbocycles. The number of aromatic nitrogens is 2. The van der Waals surface area contributed by atoms with Gasteiger partial charge in [0.1, 0.15) is 0 Å². The van der Waals surface area contributed by atoms with Gasteiger partial charge in [-0.2, -0.15) is 5.10 Å². The Kier molecular flexibility index (Phi) is 3.91. The average Bonchev–Trinajstić information content (AvgIpc) is 2.77. The first-order valence-electron chi connectivity index (χ1n) is 5.98. The molecule has 1 heterocycles. The smallest absolute Gasteiger partial charge is 0.272 e. The number of nitrogens with zero attached hydrogens (tertiary/aromatic N) is 3. The number of aryl methyl sites for hydroxylation is 2. The van der Waals surface area contributed by atoms with E-state index in [1.165, 1.54) is 0 Å². The number of hydrogen-bond donors (Lipinski definition) is 1. The summed E-state index contributed by atoms with van der Waals surface area (Å²) in [7, 11) is 1.87. The van der Waals surface area contributed by atoms with E-state index in [0.717, 1.165) is 11.1 Å². The van der Waals surface area contributed by atoms with Gasteiger partial charge in [-0.25, -0.2) is 0 Å². The summed E-state index contributed by atoms with van der Waals surface area (Å²) in [5.41, 5.74) is 2.84. The van der Waals surface area contributed by atoms with E-state index >= 15 is 0 Å². The molecule has 100 valence electrons. The monoisotopic (exact) mass is 260 g/mol. The van der Waals surface area contributed by atoms with Crippen LogP contribution in [0.25, 0.3) is 0 Å². The van der Waals surface area contributed by atoms with Crippen molar-refractivity contribution in [2.45, 2.75) is 20.0 Å². The Hall–Kier alpha value is -2.21. The van der Waals surface area contributed by atoms with Crippen molar-refractivity contribution in [3.8, 4) is 0 Å². The van der Waals surface area contributed by atoms with Crippen molar-refractivity contribution < 1.29 is 4.92 Å². The van der Waals surface area contributed by atoms with Gasteiger partial charge >= 0.3 is 0 Å². The van der Waals surface area contributed by atoms with Gasteiger partial charge in [0.25, 0.3) is 5.69 Å². The van der Waals surface area contributed by atoms with Gasteiger partial charge in [0.2, 0.25) is 0 Å². The summed E-state index contributed by atoms with van der Waals surface area (Å²) in [5, 5.41) is 18.2. The second-order valence-electron chi connectivity index (χ2n) is 4.50. The molecule has 0 unspecified atom stereocenters. The molecule has 1 aromatic carbocycles. The number of nitrogens with one attached hydrogen (secondary N) is 1. The fraction of sp³-hybridized carbons (Fsp3) is 0.308. The van der Waals surface area contributed by atoms with E-state index < -0.39 is 0 Å². The maximum atomic E-state index is 10.8. The fourth-order valence-electron chi connectivity index (χ4n) is 1.88. The normalized spacial score (nSPS) is 10.6. The number of hydrogen-bond acceptors (Lipinski definition) is 4. The lowest BCUT2D eigenvalue weighted by Gasteiger charge is -2.04. The van der Waals surface area contributed by atoms with Crippen LogP contribution in [0.1, 0.15) is 16.7 Å². The van der Waals surface area contributed by atoms with Gasteiger partial charge in [-0.3, -0.25) is 14.8 Å². The molecule has 0 atom stereocenters. The van der Waals surface area contributed by atoms with Gasteiger partial charge < -0.3 is 5.32 Å². The zero-order valence-corrected chi connectivity index (χ0v) is 11.0. The molecule has 1 N–H and O–H groups in total. The van der Waals surface area contributed by atoms with Crippen molar-refractivity contribution in [2.24, 2.45) is 7.05 Å².